The monoisotopic (exact) mass is 379 g/mol. The number of hydrogen-bond acceptors (Lipinski definition) is 3. The molecule has 1 unspecified atom stereocenters. The van der Waals surface area contributed by atoms with Crippen molar-refractivity contribution >= 4 is 16.1 Å². The maximum Gasteiger partial charge on any atom is 0.281 e. The molecular weight excluding hydrogens is 350 g/mol. The standard InChI is InChI=1S/C19H29N3O3S/c1-21(2)26(24,25)22-12-11-16(14-22)13-15-7-9-17(10-8-15)19(23)20-18-5-3-4-6-18/h7-10,16,18H,3-6,11-14H2,1-2H3,(H,20,23). The first-order chi connectivity index (χ1) is 12.4. The second-order valence-corrected chi connectivity index (χ2v) is 9.80. The molecule has 0 bridgehead atoms. The van der Waals surface area contributed by atoms with E-state index in [0.29, 0.717) is 30.6 Å². The van der Waals surface area contributed by atoms with Crippen molar-refractivity contribution in [2.24, 2.45) is 5.92 Å². The summed E-state index contributed by atoms with van der Waals surface area (Å²) in [7, 11) is -0.183. The van der Waals surface area contributed by atoms with Crippen molar-refractivity contribution in [2.75, 3.05) is 27.2 Å². The molecule has 1 aliphatic heterocycles. The Bertz CT molecular complexity index is 725. The summed E-state index contributed by atoms with van der Waals surface area (Å²) in [5.41, 5.74) is 1.85. The molecule has 0 aromatic heterocycles. The van der Waals surface area contributed by atoms with Gasteiger partial charge in [-0.2, -0.15) is 17.0 Å². The predicted octanol–water partition coefficient (Wildman–Crippen LogP) is 2.03. The normalized spacial score (nSPS) is 22.2. The molecule has 7 heteroatoms. The van der Waals surface area contributed by atoms with Crippen LogP contribution < -0.4 is 5.32 Å². The highest BCUT2D eigenvalue weighted by molar-refractivity contribution is 7.86. The molecule has 1 aromatic rings. The molecule has 0 spiro atoms. The molecular formula is C19H29N3O3S. The molecule has 2 fully saturated rings. The van der Waals surface area contributed by atoms with Crippen LogP contribution in [0.15, 0.2) is 24.3 Å². The minimum Gasteiger partial charge on any atom is -0.349 e. The summed E-state index contributed by atoms with van der Waals surface area (Å²) in [6.07, 6.45) is 6.27. The Hall–Kier alpha value is -1.44. The molecule has 6 nitrogen and oxygen atoms in total. The second-order valence-electron chi connectivity index (χ2n) is 7.66. The van der Waals surface area contributed by atoms with E-state index in [-0.39, 0.29) is 5.91 Å². The highest BCUT2D eigenvalue weighted by atomic mass is 32.2. The summed E-state index contributed by atoms with van der Waals surface area (Å²) in [5.74, 6) is 0.329. The largest absolute Gasteiger partial charge is 0.349 e. The Morgan fingerprint density at radius 3 is 2.42 bits per heavy atom. The average molecular weight is 380 g/mol. The number of carbonyl (C=O) groups is 1. The van der Waals surface area contributed by atoms with Crippen LogP contribution in [-0.4, -0.2) is 56.2 Å². The third-order valence-electron chi connectivity index (χ3n) is 5.47. The quantitative estimate of drug-likeness (QED) is 0.822. The summed E-state index contributed by atoms with van der Waals surface area (Å²) < 4.78 is 27.2. The van der Waals surface area contributed by atoms with Crippen LogP contribution in [0.3, 0.4) is 0 Å². The average Bonchev–Trinajstić information content (AvgIpc) is 3.27. The lowest BCUT2D eigenvalue weighted by Gasteiger charge is -2.20. The molecule has 1 heterocycles. The van der Waals surface area contributed by atoms with Crippen LogP contribution >= 0.6 is 0 Å². The van der Waals surface area contributed by atoms with E-state index in [1.165, 1.54) is 17.1 Å². The van der Waals surface area contributed by atoms with E-state index in [1.54, 1.807) is 18.4 Å². The third kappa shape index (κ3) is 4.45. The smallest absolute Gasteiger partial charge is 0.281 e. The van der Waals surface area contributed by atoms with Crippen molar-refractivity contribution < 1.29 is 13.2 Å². The molecule has 1 atom stereocenters. The Kier molecular flexibility index (Phi) is 5.99. The molecule has 1 saturated heterocycles. The van der Waals surface area contributed by atoms with Gasteiger partial charge in [0, 0.05) is 38.8 Å². The molecule has 1 aromatic carbocycles. The molecule has 1 N–H and O–H groups in total. The fraction of sp³-hybridized carbons (Fsp3) is 0.632. The van der Waals surface area contributed by atoms with Gasteiger partial charge < -0.3 is 5.32 Å². The van der Waals surface area contributed by atoms with E-state index in [0.717, 1.165) is 31.2 Å². The van der Waals surface area contributed by atoms with E-state index < -0.39 is 10.2 Å². The second kappa shape index (κ2) is 8.06. The van der Waals surface area contributed by atoms with Crippen molar-refractivity contribution in [1.82, 2.24) is 13.9 Å². The fourth-order valence-corrected chi connectivity index (χ4v) is 5.07. The van der Waals surface area contributed by atoms with E-state index in [1.807, 2.05) is 24.3 Å². The maximum atomic E-state index is 12.3. The Labute approximate surface area is 156 Å². The molecule has 1 amide bonds. The van der Waals surface area contributed by atoms with Gasteiger partial charge in [0.05, 0.1) is 0 Å². The van der Waals surface area contributed by atoms with E-state index in [2.05, 4.69) is 5.32 Å². The zero-order valence-corrected chi connectivity index (χ0v) is 16.5. The van der Waals surface area contributed by atoms with Gasteiger partial charge in [-0.15, -0.1) is 0 Å². The Morgan fingerprint density at radius 2 is 1.81 bits per heavy atom. The zero-order valence-electron chi connectivity index (χ0n) is 15.6. The number of amides is 1. The number of nitrogens with zero attached hydrogens (tertiary/aromatic N) is 2. The van der Waals surface area contributed by atoms with Crippen molar-refractivity contribution in [3.63, 3.8) is 0 Å². The molecule has 1 saturated carbocycles. The van der Waals surface area contributed by atoms with Crippen LogP contribution in [0.1, 0.15) is 48.0 Å². The highest BCUT2D eigenvalue weighted by Crippen LogP contribution is 2.24. The molecule has 26 heavy (non-hydrogen) atoms. The van der Waals surface area contributed by atoms with E-state index in [9.17, 15) is 13.2 Å². The lowest BCUT2D eigenvalue weighted by molar-refractivity contribution is 0.0938. The number of carbonyl (C=O) groups excluding carboxylic acids is 1. The number of nitrogens with one attached hydrogen (secondary N) is 1. The molecule has 144 valence electrons. The van der Waals surface area contributed by atoms with E-state index >= 15 is 0 Å². The van der Waals surface area contributed by atoms with Crippen LogP contribution in [-0.2, 0) is 16.6 Å². The maximum absolute atomic E-state index is 12.3. The zero-order chi connectivity index (χ0) is 18.7. The lowest BCUT2D eigenvalue weighted by Crippen LogP contribution is -2.38. The minimum atomic E-state index is -3.32. The number of hydrogen-bond donors (Lipinski definition) is 1. The third-order valence-corrected chi connectivity index (χ3v) is 7.37. The summed E-state index contributed by atoms with van der Waals surface area (Å²) >= 11 is 0. The Morgan fingerprint density at radius 1 is 1.15 bits per heavy atom. The van der Waals surface area contributed by atoms with Crippen molar-refractivity contribution in [2.45, 2.75) is 44.6 Å². The van der Waals surface area contributed by atoms with Crippen molar-refractivity contribution in [3.05, 3.63) is 35.4 Å². The van der Waals surface area contributed by atoms with Gasteiger partial charge in [0.1, 0.15) is 0 Å². The first-order valence-electron chi connectivity index (χ1n) is 9.43. The van der Waals surface area contributed by atoms with Gasteiger partial charge in [-0.25, -0.2) is 0 Å². The van der Waals surface area contributed by atoms with Crippen LogP contribution in [0, 0.1) is 5.92 Å². The van der Waals surface area contributed by atoms with Crippen LogP contribution in [0.2, 0.25) is 0 Å². The van der Waals surface area contributed by atoms with Gasteiger partial charge in [0.25, 0.3) is 16.1 Å². The number of benzene rings is 1. The topological polar surface area (TPSA) is 69.7 Å². The SMILES string of the molecule is CN(C)S(=O)(=O)N1CCC(Cc2ccc(C(=O)NC3CCCC3)cc2)C1. The molecule has 1 aliphatic carbocycles. The first kappa shape index (κ1) is 19.3. The molecule has 0 radical (unpaired) electrons. The predicted molar refractivity (Wildman–Crippen MR) is 102 cm³/mol. The van der Waals surface area contributed by atoms with Crippen LogP contribution in [0.25, 0.3) is 0 Å². The van der Waals surface area contributed by atoms with Gasteiger partial charge in [-0.05, 0) is 49.3 Å². The van der Waals surface area contributed by atoms with Gasteiger partial charge in [0.15, 0.2) is 0 Å². The Balaban J connectivity index is 1.54. The molecule has 2 aliphatic rings. The first-order valence-corrected chi connectivity index (χ1v) is 10.8. The fourth-order valence-electron chi connectivity index (χ4n) is 3.87. The van der Waals surface area contributed by atoms with Crippen LogP contribution in [0.4, 0.5) is 0 Å². The van der Waals surface area contributed by atoms with Crippen LogP contribution in [0.5, 0.6) is 0 Å². The van der Waals surface area contributed by atoms with Gasteiger partial charge in [0.2, 0.25) is 0 Å². The number of rotatable bonds is 6. The van der Waals surface area contributed by atoms with Gasteiger partial charge >= 0.3 is 0 Å². The van der Waals surface area contributed by atoms with Crippen molar-refractivity contribution in [3.8, 4) is 0 Å². The van der Waals surface area contributed by atoms with Crippen molar-refractivity contribution in [1.29, 1.82) is 0 Å². The van der Waals surface area contributed by atoms with E-state index in [4.69, 9.17) is 0 Å². The summed E-state index contributed by atoms with van der Waals surface area (Å²) in [5, 5.41) is 3.10. The summed E-state index contributed by atoms with van der Waals surface area (Å²) in [4.78, 5) is 12.3. The lowest BCUT2D eigenvalue weighted by atomic mass is 9.98. The summed E-state index contributed by atoms with van der Waals surface area (Å²) in [6, 6.07) is 8.07. The minimum absolute atomic E-state index is 0.00701. The van der Waals surface area contributed by atoms with Gasteiger partial charge in [-0.3, -0.25) is 4.79 Å². The highest BCUT2D eigenvalue weighted by Gasteiger charge is 2.32. The summed E-state index contributed by atoms with van der Waals surface area (Å²) in [6.45, 7) is 1.14. The molecule has 3 rings (SSSR count). The van der Waals surface area contributed by atoms with Gasteiger partial charge in [-0.1, -0.05) is 25.0 Å².